The molecule has 9 heteroatoms. The second kappa shape index (κ2) is 6.24. The highest BCUT2D eigenvalue weighted by molar-refractivity contribution is 7.93. The van der Waals surface area contributed by atoms with Gasteiger partial charge in [0.05, 0.1) is 32.2 Å². The first-order chi connectivity index (χ1) is 11.8. The van der Waals surface area contributed by atoms with Crippen LogP contribution in [0.3, 0.4) is 0 Å². The Balaban J connectivity index is 2.03. The molecule has 26 heavy (non-hydrogen) atoms. The molecule has 0 aliphatic carbocycles. The van der Waals surface area contributed by atoms with Crippen LogP contribution in [0.2, 0.25) is 0 Å². The van der Waals surface area contributed by atoms with Crippen LogP contribution < -0.4 is 5.46 Å². The van der Waals surface area contributed by atoms with Crippen molar-refractivity contribution in [1.29, 1.82) is 0 Å². The van der Waals surface area contributed by atoms with E-state index in [2.05, 4.69) is 4.36 Å². The van der Waals surface area contributed by atoms with Crippen LogP contribution >= 0.6 is 0 Å². The molecule has 1 aromatic rings. The van der Waals surface area contributed by atoms with Gasteiger partial charge in [-0.3, -0.25) is 0 Å². The summed E-state index contributed by atoms with van der Waals surface area (Å²) in [4.78, 5) is 0. The fourth-order valence-electron chi connectivity index (χ4n) is 3.01. The van der Waals surface area contributed by atoms with E-state index < -0.39 is 39.8 Å². The maximum Gasteiger partial charge on any atom is 0.494 e. The van der Waals surface area contributed by atoms with Crippen LogP contribution in [0.15, 0.2) is 22.6 Å². The number of hydrogen-bond acceptors (Lipinski definition) is 4. The first-order valence-corrected chi connectivity index (χ1v) is 10.5. The zero-order valence-electron chi connectivity index (χ0n) is 15.4. The second-order valence-corrected chi connectivity index (χ2v) is 10.4. The minimum Gasteiger partial charge on any atom is -0.399 e. The molecule has 2 aliphatic rings. The molecule has 0 atom stereocenters. The molecular formula is C17H23BF3NO3S. The van der Waals surface area contributed by atoms with Crippen molar-refractivity contribution in [3.63, 3.8) is 0 Å². The SMILES string of the molecule is CC1(C)OB(c2ccc(N=S3(=O)CCCC3)c(C(F)(F)F)c2)OC1(C)C. The van der Waals surface area contributed by atoms with Crippen molar-refractivity contribution in [3.05, 3.63) is 23.8 Å². The van der Waals surface area contributed by atoms with Gasteiger partial charge in [-0.05, 0) is 58.1 Å². The molecule has 144 valence electrons. The van der Waals surface area contributed by atoms with Crippen molar-refractivity contribution in [1.82, 2.24) is 0 Å². The Morgan fingerprint density at radius 3 is 2.12 bits per heavy atom. The summed E-state index contributed by atoms with van der Waals surface area (Å²) >= 11 is 0. The first kappa shape index (κ1) is 19.7. The molecule has 2 saturated heterocycles. The Labute approximate surface area is 152 Å². The quantitative estimate of drug-likeness (QED) is 0.721. The highest BCUT2D eigenvalue weighted by Crippen LogP contribution is 2.39. The summed E-state index contributed by atoms with van der Waals surface area (Å²) in [5, 5.41) is 0. The molecule has 0 amide bonds. The molecule has 2 heterocycles. The van der Waals surface area contributed by atoms with Crippen LogP contribution in [0, 0.1) is 0 Å². The van der Waals surface area contributed by atoms with Crippen molar-refractivity contribution < 1.29 is 26.7 Å². The molecular weight excluding hydrogens is 366 g/mol. The van der Waals surface area contributed by atoms with Crippen molar-refractivity contribution in [3.8, 4) is 0 Å². The fraction of sp³-hybridized carbons (Fsp3) is 0.647. The molecule has 1 aromatic carbocycles. The van der Waals surface area contributed by atoms with Gasteiger partial charge in [0, 0.05) is 11.5 Å². The van der Waals surface area contributed by atoms with Crippen molar-refractivity contribution in [2.45, 2.75) is 57.9 Å². The third-order valence-corrected chi connectivity index (χ3v) is 7.68. The number of hydrogen-bond donors (Lipinski definition) is 0. The Morgan fingerprint density at radius 1 is 1.08 bits per heavy atom. The summed E-state index contributed by atoms with van der Waals surface area (Å²) in [6.07, 6.45) is -3.14. The lowest BCUT2D eigenvalue weighted by Crippen LogP contribution is -2.41. The maximum atomic E-state index is 13.6. The van der Waals surface area contributed by atoms with E-state index in [1.54, 1.807) is 0 Å². The second-order valence-electron chi connectivity index (χ2n) is 7.84. The number of rotatable bonds is 2. The molecule has 0 N–H and O–H groups in total. The van der Waals surface area contributed by atoms with Crippen LogP contribution in [-0.4, -0.2) is 34.0 Å². The van der Waals surface area contributed by atoms with E-state index >= 15 is 0 Å². The highest BCUT2D eigenvalue weighted by Gasteiger charge is 2.52. The van der Waals surface area contributed by atoms with E-state index in [1.807, 2.05) is 27.7 Å². The van der Waals surface area contributed by atoms with Gasteiger partial charge in [-0.25, -0.2) is 4.21 Å². The van der Waals surface area contributed by atoms with Crippen molar-refractivity contribution >= 4 is 28.0 Å². The third kappa shape index (κ3) is 3.66. The average molecular weight is 389 g/mol. The van der Waals surface area contributed by atoms with Gasteiger partial charge in [0.15, 0.2) is 0 Å². The van der Waals surface area contributed by atoms with E-state index in [0.29, 0.717) is 11.5 Å². The molecule has 2 fully saturated rings. The molecule has 0 aromatic heterocycles. The smallest absolute Gasteiger partial charge is 0.399 e. The molecule has 0 bridgehead atoms. The van der Waals surface area contributed by atoms with Gasteiger partial charge in [0.1, 0.15) is 0 Å². The lowest BCUT2D eigenvalue weighted by atomic mass is 9.78. The Bertz CT molecular complexity index is 801. The van der Waals surface area contributed by atoms with Gasteiger partial charge < -0.3 is 9.31 Å². The number of alkyl halides is 3. The molecule has 3 rings (SSSR count). The van der Waals surface area contributed by atoms with E-state index in [-0.39, 0.29) is 11.2 Å². The number of halogens is 3. The van der Waals surface area contributed by atoms with Gasteiger partial charge in [-0.2, -0.15) is 17.5 Å². The Morgan fingerprint density at radius 2 is 1.62 bits per heavy atom. The van der Waals surface area contributed by atoms with Gasteiger partial charge >= 0.3 is 13.3 Å². The lowest BCUT2D eigenvalue weighted by molar-refractivity contribution is -0.136. The molecule has 0 radical (unpaired) electrons. The maximum absolute atomic E-state index is 13.6. The average Bonchev–Trinajstić information content (AvgIpc) is 2.99. The summed E-state index contributed by atoms with van der Waals surface area (Å²) in [6, 6.07) is 3.78. The minimum absolute atomic E-state index is 0.273. The van der Waals surface area contributed by atoms with Gasteiger partial charge in [-0.15, -0.1) is 0 Å². The predicted molar refractivity (Wildman–Crippen MR) is 96.4 cm³/mol. The van der Waals surface area contributed by atoms with Crippen LogP contribution in [0.1, 0.15) is 46.1 Å². The summed E-state index contributed by atoms with van der Waals surface area (Å²) in [5.41, 5.74) is -2.20. The largest absolute Gasteiger partial charge is 0.494 e. The number of benzene rings is 1. The van der Waals surface area contributed by atoms with Crippen LogP contribution in [0.25, 0.3) is 0 Å². The summed E-state index contributed by atoms with van der Waals surface area (Å²) in [7, 11) is -3.49. The van der Waals surface area contributed by atoms with Crippen LogP contribution in [0.4, 0.5) is 18.9 Å². The van der Waals surface area contributed by atoms with E-state index in [0.717, 1.165) is 18.9 Å². The standard InChI is InChI=1S/C17H23BF3NO3S/c1-15(2)16(3,4)25-18(24-15)12-7-8-14(13(11-12)17(19,20)21)22-26(23)9-5-6-10-26/h7-8,11H,5-6,9-10H2,1-4H3. The van der Waals surface area contributed by atoms with Gasteiger partial charge in [-0.1, -0.05) is 6.07 Å². The summed E-state index contributed by atoms with van der Waals surface area (Å²) in [5.74, 6) is 0.701. The summed E-state index contributed by atoms with van der Waals surface area (Å²) < 4.78 is 69.0. The van der Waals surface area contributed by atoms with Gasteiger partial charge in [0.25, 0.3) is 0 Å². The summed E-state index contributed by atoms with van der Waals surface area (Å²) in [6.45, 7) is 7.36. The van der Waals surface area contributed by atoms with E-state index in [1.165, 1.54) is 12.1 Å². The third-order valence-electron chi connectivity index (χ3n) is 5.29. The van der Waals surface area contributed by atoms with Crippen LogP contribution in [0.5, 0.6) is 0 Å². The van der Waals surface area contributed by atoms with Crippen molar-refractivity contribution in [2.75, 3.05) is 11.5 Å². The Hall–Kier alpha value is -1.06. The predicted octanol–water partition coefficient (Wildman–Crippen LogP) is 3.90. The first-order valence-electron chi connectivity index (χ1n) is 8.62. The monoisotopic (exact) mass is 389 g/mol. The van der Waals surface area contributed by atoms with E-state index in [9.17, 15) is 17.4 Å². The molecule has 0 unspecified atom stereocenters. The zero-order valence-corrected chi connectivity index (χ0v) is 16.2. The fourth-order valence-corrected chi connectivity index (χ4v) is 5.23. The number of nitrogens with zero attached hydrogens (tertiary/aromatic N) is 1. The topological polar surface area (TPSA) is 47.9 Å². The molecule has 2 aliphatic heterocycles. The molecule has 0 spiro atoms. The molecule has 4 nitrogen and oxygen atoms in total. The van der Waals surface area contributed by atoms with Crippen LogP contribution in [-0.2, 0) is 25.2 Å². The lowest BCUT2D eigenvalue weighted by Gasteiger charge is -2.32. The zero-order chi connectivity index (χ0) is 19.4. The molecule has 0 saturated carbocycles. The van der Waals surface area contributed by atoms with Crippen molar-refractivity contribution in [2.24, 2.45) is 4.36 Å². The normalized spacial score (nSPS) is 24.0. The minimum atomic E-state index is -4.60. The highest BCUT2D eigenvalue weighted by atomic mass is 32.2. The van der Waals surface area contributed by atoms with E-state index in [4.69, 9.17) is 9.31 Å². The Kier molecular flexibility index (Phi) is 4.73. The van der Waals surface area contributed by atoms with Gasteiger partial charge in [0.2, 0.25) is 0 Å².